The Hall–Kier alpha value is -1.40. The van der Waals surface area contributed by atoms with E-state index in [-0.39, 0.29) is 0 Å². The predicted molar refractivity (Wildman–Crippen MR) is 111 cm³/mol. The van der Waals surface area contributed by atoms with E-state index in [1.165, 1.54) is 57.8 Å². The molecule has 0 unspecified atom stereocenters. The van der Waals surface area contributed by atoms with Gasteiger partial charge in [-0.15, -0.1) is 0 Å². The van der Waals surface area contributed by atoms with Crippen LogP contribution >= 0.6 is 0 Å². The number of nitrogens with zero attached hydrogens (tertiary/aromatic N) is 4. The van der Waals surface area contributed by atoms with Crippen molar-refractivity contribution in [3.8, 4) is 0 Å². The number of anilines is 2. The van der Waals surface area contributed by atoms with Gasteiger partial charge in [0.15, 0.2) is 0 Å². The number of nitrogens with one attached hydrogen (secondary N) is 1. The van der Waals surface area contributed by atoms with Crippen LogP contribution in [0.25, 0.3) is 0 Å². The van der Waals surface area contributed by atoms with E-state index in [0.717, 1.165) is 43.9 Å². The van der Waals surface area contributed by atoms with E-state index in [1.807, 2.05) is 6.20 Å². The van der Waals surface area contributed by atoms with E-state index in [4.69, 9.17) is 10.7 Å². The maximum absolute atomic E-state index is 6.21. The number of hydrogen-bond acceptors (Lipinski definition) is 6. The van der Waals surface area contributed by atoms with Crippen LogP contribution in [0.2, 0.25) is 0 Å². The van der Waals surface area contributed by atoms with Crippen molar-refractivity contribution in [1.82, 2.24) is 14.9 Å². The maximum Gasteiger partial charge on any atom is 0.224 e. The molecule has 3 fully saturated rings. The molecule has 0 amide bonds. The van der Waals surface area contributed by atoms with Gasteiger partial charge in [-0.25, -0.2) is 4.98 Å². The molecular weight excluding hydrogens is 336 g/mol. The van der Waals surface area contributed by atoms with Crippen molar-refractivity contribution in [2.45, 2.75) is 82.3 Å². The van der Waals surface area contributed by atoms with Crippen LogP contribution in [-0.2, 0) is 0 Å². The smallest absolute Gasteiger partial charge is 0.224 e. The summed E-state index contributed by atoms with van der Waals surface area (Å²) in [5.41, 5.74) is 6.21. The highest BCUT2D eigenvalue weighted by atomic mass is 15.3. The summed E-state index contributed by atoms with van der Waals surface area (Å²) in [5, 5.41) is 3.64. The molecule has 3 N–H and O–H groups in total. The van der Waals surface area contributed by atoms with Gasteiger partial charge in [-0.05, 0) is 38.2 Å². The molecule has 0 radical (unpaired) electrons. The van der Waals surface area contributed by atoms with Crippen molar-refractivity contribution in [2.24, 2.45) is 5.73 Å². The molecule has 6 heteroatoms. The van der Waals surface area contributed by atoms with Gasteiger partial charge in [-0.2, -0.15) is 4.98 Å². The van der Waals surface area contributed by atoms with E-state index in [9.17, 15) is 0 Å². The van der Waals surface area contributed by atoms with Crippen LogP contribution in [0.3, 0.4) is 0 Å². The number of nitrogens with two attached hydrogens (primary N) is 1. The molecule has 3 aliphatic rings. The fourth-order valence-corrected chi connectivity index (χ4v) is 5.27. The largest absolute Gasteiger partial charge is 0.356 e. The molecule has 2 aliphatic heterocycles. The molecule has 6 nitrogen and oxygen atoms in total. The monoisotopic (exact) mass is 372 g/mol. The minimum absolute atomic E-state index is 0.358. The molecule has 27 heavy (non-hydrogen) atoms. The molecule has 2 saturated heterocycles. The summed E-state index contributed by atoms with van der Waals surface area (Å²) < 4.78 is 0. The number of hydrogen-bond donors (Lipinski definition) is 2. The molecule has 1 saturated carbocycles. The lowest BCUT2D eigenvalue weighted by Crippen LogP contribution is -2.49. The predicted octanol–water partition coefficient (Wildman–Crippen LogP) is 3.00. The highest BCUT2D eigenvalue weighted by molar-refractivity contribution is 5.43. The van der Waals surface area contributed by atoms with Gasteiger partial charge in [0.05, 0.1) is 0 Å². The van der Waals surface area contributed by atoms with Gasteiger partial charge in [0.1, 0.15) is 5.82 Å². The maximum atomic E-state index is 6.21. The lowest BCUT2D eigenvalue weighted by molar-refractivity contribution is 0.142. The molecule has 1 aliphatic carbocycles. The number of likely N-dealkylation sites (tertiary alicyclic amines) is 1. The lowest BCUT2D eigenvalue weighted by Gasteiger charge is -2.36. The first kappa shape index (κ1) is 18.9. The normalized spacial score (nSPS) is 28.3. The third kappa shape index (κ3) is 4.54. The third-order valence-corrected chi connectivity index (χ3v) is 6.76. The second-order valence-electron chi connectivity index (χ2n) is 8.51. The van der Waals surface area contributed by atoms with Gasteiger partial charge < -0.3 is 16.0 Å². The minimum Gasteiger partial charge on any atom is -0.356 e. The Labute approximate surface area is 163 Å². The topological polar surface area (TPSA) is 70.3 Å². The highest BCUT2D eigenvalue weighted by Gasteiger charge is 2.37. The number of rotatable bonds is 5. The minimum atomic E-state index is 0.358. The highest BCUT2D eigenvalue weighted by Crippen LogP contribution is 2.30. The van der Waals surface area contributed by atoms with Gasteiger partial charge >= 0.3 is 0 Å². The van der Waals surface area contributed by atoms with Crippen LogP contribution in [0.1, 0.15) is 64.2 Å². The van der Waals surface area contributed by atoms with E-state index >= 15 is 0 Å². The second kappa shape index (κ2) is 9.20. The molecule has 1 aromatic heterocycles. The summed E-state index contributed by atoms with van der Waals surface area (Å²) >= 11 is 0. The van der Waals surface area contributed by atoms with Gasteiger partial charge in [0.25, 0.3) is 0 Å². The zero-order valence-electron chi connectivity index (χ0n) is 16.7. The van der Waals surface area contributed by atoms with Crippen molar-refractivity contribution >= 4 is 11.8 Å². The van der Waals surface area contributed by atoms with Crippen LogP contribution in [0.5, 0.6) is 0 Å². The van der Waals surface area contributed by atoms with Crippen molar-refractivity contribution in [2.75, 3.05) is 36.4 Å². The molecular formula is C21H36N6. The molecule has 2 atom stereocenters. The fourth-order valence-electron chi connectivity index (χ4n) is 5.27. The SMILES string of the molecule is NC[C@@H]1[C@@H](Nc2nccc(N3CCCCCC3)n2)CCN1C1CCCCC1. The summed E-state index contributed by atoms with van der Waals surface area (Å²) in [5.74, 6) is 1.84. The van der Waals surface area contributed by atoms with Crippen molar-refractivity contribution in [1.29, 1.82) is 0 Å². The van der Waals surface area contributed by atoms with E-state index in [0.29, 0.717) is 18.6 Å². The van der Waals surface area contributed by atoms with Crippen LogP contribution in [0.4, 0.5) is 11.8 Å². The van der Waals surface area contributed by atoms with Gasteiger partial charge in [0, 0.05) is 50.5 Å². The Morgan fingerprint density at radius 2 is 1.70 bits per heavy atom. The molecule has 0 bridgehead atoms. The van der Waals surface area contributed by atoms with Gasteiger partial charge in [-0.3, -0.25) is 4.90 Å². The Balaban J connectivity index is 1.41. The molecule has 0 spiro atoms. The van der Waals surface area contributed by atoms with Crippen LogP contribution in [0, 0.1) is 0 Å². The molecule has 150 valence electrons. The first-order valence-electron chi connectivity index (χ1n) is 11.2. The van der Waals surface area contributed by atoms with Crippen molar-refractivity contribution in [3.63, 3.8) is 0 Å². The average molecular weight is 373 g/mol. The van der Waals surface area contributed by atoms with Crippen LogP contribution in [-0.4, -0.2) is 59.2 Å². The van der Waals surface area contributed by atoms with Crippen LogP contribution in [0.15, 0.2) is 12.3 Å². The third-order valence-electron chi connectivity index (χ3n) is 6.76. The molecule has 1 aromatic rings. The van der Waals surface area contributed by atoms with E-state index in [2.05, 4.69) is 26.2 Å². The first-order valence-corrected chi connectivity index (χ1v) is 11.2. The van der Waals surface area contributed by atoms with Crippen molar-refractivity contribution < 1.29 is 0 Å². The van der Waals surface area contributed by atoms with E-state index < -0.39 is 0 Å². The summed E-state index contributed by atoms with van der Waals surface area (Å²) in [6.45, 7) is 4.08. The Kier molecular flexibility index (Phi) is 6.45. The Bertz CT molecular complexity index is 580. The molecule has 4 rings (SSSR count). The Morgan fingerprint density at radius 3 is 2.44 bits per heavy atom. The Morgan fingerprint density at radius 1 is 0.963 bits per heavy atom. The summed E-state index contributed by atoms with van der Waals surface area (Å²) in [6, 6.07) is 3.54. The summed E-state index contributed by atoms with van der Waals surface area (Å²) in [6.07, 6.45) is 15.1. The van der Waals surface area contributed by atoms with Gasteiger partial charge in [0.2, 0.25) is 5.95 Å². The van der Waals surface area contributed by atoms with E-state index in [1.54, 1.807) is 0 Å². The summed E-state index contributed by atoms with van der Waals surface area (Å²) in [7, 11) is 0. The molecule has 0 aromatic carbocycles. The standard InChI is InChI=1S/C21H36N6/c22-16-19-18(11-15-27(19)17-8-4-3-5-9-17)24-21-23-12-10-20(25-21)26-13-6-1-2-7-14-26/h10,12,17-19H,1-9,11,13-16,22H2,(H,23,24,25)/t18-,19+/m0/s1. The van der Waals surface area contributed by atoms with Gasteiger partial charge in [-0.1, -0.05) is 32.1 Å². The van der Waals surface area contributed by atoms with Crippen LogP contribution < -0.4 is 16.0 Å². The first-order chi connectivity index (χ1) is 13.3. The lowest BCUT2D eigenvalue weighted by atomic mass is 9.93. The zero-order valence-corrected chi connectivity index (χ0v) is 16.7. The number of aromatic nitrogens is 2. The quantitative estimate of drug-likeness (QED) is 0.828. The van der Waals surface area contributed by atoms with Crippen molar-refractivity contribution in [3.05, 3.63) is 12.3 Å². The second-order valence-corrected chi connectivity index (χ2v) is 8.51. The zero-order chi connectivity index (χ0) is 18.5. The average Bonchev–Trinajstić information content (AvgIpc) is 2.92. The summed E-state index contributed by atoms with van der Waals surface area (Å²) in [4.78, 5) is 14.5. The molecule has 3 heterocycles. The fraction of sp³-hybridized carbons (Fsp3) is 0.810.